The van der Waals surface area contributed by atoms with Gasteiger partial charge in [0.25, 0.3) is 0 Å². The number of carbonyl (C=O) groups is 1. The molecule has 0 aromatic carbocycles. The number of nitrogens with zero attached hydrogens (tertiary/aromatic N) is 1. The fourth-order valence-electron chi connectivity index (χ4n) is 1.58. The second-order valence-electron chi connectivity index (χ2n) is 4.83. The van der Waals surface area contributed by atoms with E-state index in [1.807, 2.05) is 6.26 Å². The molecule has 0 saturated carbocycles. The maximum absolute atomic E-state index is 12.8. The number of hydrogen-bond acceptors (Lipinski definition) is 4. The van der Waals surface area contributed by atoms with Crippen molar-refractivity contribution in [2.75, 3.05) is 32.6 Å². The number of thioether (sulfide) groups is 1. The van der Waals surface area contributed by atoms with E-state index in [-0.39, 0.29) is 5.91 Å². The Morgan fingerprint density at radius 3 is 2.30 bits per heavy atom. The number of nitrogens with one attached hydrogen (secondary N) is 1. The van der Waals surface area contributed by atoms with Crippen molar-refractivity contribution in [2.24, 2.45) is 0 Å². The summed E-state index contributed by atoms with van der Waals surface area (Å²) in [6.07, 6.45) is -2.92. The second kappa shape index (κ2) is 8.09. The first kappa shape index (κ1) is 19.5. The molecule has 0 fully saturated rings. The summed E-state index contributed by atoms with van der Waals surface area (Å²) in [6.45, 7) is 0.575. The minimum absolute atomic E-state index is 0.292. The molecule has 20 heavy (non-hydrogen) atoms. The number of amides is 1. The molecule has 0 aromatic heterocycles. The first-order chi connectivity index (χ1) is 9.09. The molecule has 0 spiro atoms. The summed E-state index contributed by atoms with van der Waals surface area (Å²) in [6, 6.07) is -0.724. The lowest BCUT2D eigenvalue weighted by atomic mass is 9.99. The van der Waals surface area contributed by atoms with Gasteiger partial charge in [-0.05, 0) is 24.9 Å². The Kier molecular flexibility index (Phi) is 7.90. The van der Waals surface area contributed by atoms with E-state index in [1.165, 1.54) is 23.6 Å². The summed E-state index contributed by atoms with van der Waals surface area (Å²) in [7, 11) is 3.09. The van der Waals surface area contributed by atoms with Crippen LogP contribution in [0.15, 0.2) is 0 Å². The molecule has 0 saturated heterocycles. The zero-order chi connectivity index (χ0) is 16.0. The lowest BCUT2D eigenvalue weighted by Gasteiger charge is -2.32. The molecule has 1 amide bonds. The Labute approximate surface area is 122 Å². The number of carbonyl (C=O) groups excluding carboxylic acids is 1. The first-order valence-corrected chi connectivity index (χ1v) is 7.71. The standard InChI is InChI=1S/C12H23F3N2O2S/c1-5-11(19,12(13,14)15)8-16-9(6-7-20-4)10(18)17(2)3/h9,16,19H,5-8H2,1-4H3/t9-,11?/m0/s1. The molecule has 4 nitrogen and oxygen atoms in total. The van der Waals surface area contributed by atoms with Gasteiger partial charge >= 0.3 is 6.18 Å². The highest BCUT2D eigenvalue weighted by molar-refractivity contribution is 7.98. The minimum atomic E-state index is -4.72. The van der Waals surface area contributed by atoms with Crippen LogP contribution in [0.3, 0.4) is 0 Å². The lowest BCUT2D eigenvalue weighted by Crippen LogP contribution is -2.56. The summed E-state index contributed by atoms with van der Waals surface area (Å²) in [5.41, 5.74) is -2.81. The fraction of sp³-hybridized carbons (Fsp3) is 0.917. The molecule has 0 radical (unpaired) electrons. The van der Waals surface area contributed by atoms with Crippen molar-refractivity contribution >= 4 is 17.7 Å². The van der Waals surface area contributed by atoms with E-state index in [0.29, 0.717) is 12.2 Å². The van der Waals surface area contributed by atoms with Crippen LogP contribution in [0.1, 0.15) is 19.8 Å². The monoisotopic (exact) mass is 316 g/mol. The molecule has 0 rings (SSSR count). The van der Waals surface area contributed by atoms with E-state index >= 15 is 0 Å². The zero-order valence-corrected chi connectivity index (χ0v) is 13.1. The normalized spacial score (nSPS) is 16.6. The van der Waals surface area contributed by atoms with Crippen LogP contribution in [0.4, 0.5) is 13.2 Å². The molecular weight excluding hydrogens is 293 g/mol. The SMILES string of the molecule is CCC(O)(CN[C@@H](CCSC)C(=O)N(C)C)C(F)(F)F. The fourth-order valence-corrected chi connectivity index (χ4v) is 2.05. The molecule has 120 valence electrons. The predicted molar refractivity (Wildman–Crippen MR) is 74.8 cm³/mol. The van der Waals surface area contributed by atoms with Gasteiger partial charge in [0, 0.05) is 20.6 Å². The van der Waals surface area contributed by atoms with Gasteiger partial charge in [-0.2, -0.15) is 24.9 Å². The highest BCUT2D eigenvalue weighted by Gasteiger charge is 2.52. The summed E-state index contributed by atoms with van der Waals surface area (Å²) in [4.78, 5) is 13.2. The third-order valence-electron chi connectivity index (χ3n) is 3.10. The maximum atomic E-state index is 12.8. The molecular formula is C12H23F3N2O2S. The van der Waals surface area contributed by atoms with E-state index in [2.05, 4.69) is 5.32 Å². The van der Waals surface area contributed by atoms with Gasteiger partial charge in [-0.1, -0.05) is 6.92 Å². The topological polar surface area (TPSA) is 52.6 Å². The molecule has 8 heteroatoms. The number of hydrogen-bond donors (Lipinski definition) is 2. The van der Waals surface area contributed by atoms with Crippen LogP contribution in [0.25, 0.3) is 0 Å². The van der Waals surface area contributed by atoms with E-state index in [1.54, 1.807) is 14.1 Å². The summed E-state index contributed by atoms with van der Waals surface area (Å²) >= 11 is 1.51. The highest BCUT2D eigenvalue weighted by Crippen LogP contribution is 2.32. The van der Waals surface area contributed by atoms with E-state index in [4.69, 9.17) is 0 Å². The molecule has 0 aliphatic heterocycles. The van der Waals surface area contributed by atoms with Crippen molar-refractivity contribution in [1.29, 1.82) is 0 Å². The van der Waals surface area contributed by atoms with Gasteiger partial charge in [0.2, 0.25) is 5.91 Å². The Morgan fingerprint density at radius 1 is 1.40 bits per heavy atom. The molecule has 0 bridgehead atoms. The van der Waals surface area contributed by atoms with Gasteiger partial charge in [-0.15, -0.1) is 0 Å². The average molecular weight is 316 g/mol. The molecule has 1 unspecified atom stereocenters. The van der Waals surface area contributed by atoms with Crippen LogP contribution < -0.4 is 5.32 Å². The Balaban J connectivity index is 4.78. The number of alkyl halides is 3. The Morgan fingerprint density at radius 2 is 1.95 bits per heavy atom. The van der Waals surface area contributed by atoms with Crippen molar-refractivity contribution in [3.8, 4) is 0 Å². The van der Waals surface area contributed by atoms with Crippen molar-refractivity contribution in [3.63, 3.8) is 0 Å². The molecule has 0 aromatic rings. The van der Waals surface area contributed by atoms with Crippen molar-refractivity contribution in [2.45, 2.75) is 37.6 Å². The predicted octanol–water partition coefficient (Wildman–Crippen LogP) is 1.49. The minimum Gasteiger partial charge on any atom is -0.379 e. The maximum Gasteiger partial charge on any atom is 0.418 e. The molecule has 2 atom stereocenters. The van der Waals surface area contributed by atoms with Gasteiger partial charge in [0.1, 0.15) is 0 Å². The summed E-state index contributed by atoms with van der Waals surface area (Å²) < 4.78 is 38.3. The molecule has 0 aliphatic rings. The highest BCUT2D eigenvalue weighted by atomic mass is 32.2. The van der Waals surface area contributed by atoms with E-state index in [9.17, 15) is 23.1 Å². The van der Waals surface area contributed by atoms with Gasteiger partial charge in [0.15, 0.2) is 5.60 Å². The largest absolute Gasteiger partial charge is 0.418 e. The summed E-state index contributed by atoms with van der Waals surface area (Å²) in [5, 5.41) is 12.2. The number of rotatable bonds is 8. The van der Waals surface area contributed by atoms with Crippen LogP contribution in [0.5, 0.6) is 0 Å². The zero-order valence-electron chi connectivity index (χ0n) is 12.3. The van der Waals surface area contributed by atoms with Crippen LogP contribution in [0, 0.1) is 0 Å². The average Bonchev–Trinajstić information content (AvgIpc) is 2.36. The lowest BCUT2D eigenvalue weighted by molar-refractivity contribution is -0.259. The second-order valence-corrected chi connectivity index (χ2v) is 5.82. The van der Waals surface area contributed by atoms with Gasteiger partial charge in [0.05, 0.1) is 6.04 Å². The molecule has 0 aliphatic carbocycles. The van der Waals surface area contributed by atoms with Crippen molar-refractivity contribution in [3.05, 3.63) is 0 Å². The number of aliphatic hydroxyl groups is 1. The smallest absolute Gasteiger partial charge is 0.379 e. The van der Waals surface area contributed by atoms with Gasteiger partial charge in [-0.3, -0.25) is 4.79 Å². The van der Waals surface area contributed by atoms with E-state index < -0.39 is 30.8 Å². The summed E-state index contributed by atoms with van der Waals surface area (Å²) in [5.74, 6) is 0.355. The third-order valence-corrected chi connectivity index (χ3v) is 3.75. The molecule has 2 N–H and O–H groups in total. The Hall–Kier alpha value is -0.470. The van der Waals surface area contributed by atoms with Gasteiger partial charge < -0.3 is 15.3 Å². The van der Waals surface area contributed by atoms with Gasteiger partial charge in [-0.25, -0.2) is 0 Å². The van der Waals surface area contributed by atoms with E-state index in [0.717, 1.165) is 0 Å². The number of likely N-dealkylation sites (N-methyl/N-ethyl adjacent to an activating group) is 1. The quantitative estimate of drug-likeness (QED) is 0.712. The number of halogens is 3. The van der Waals surface area contributed by atoms with Crippen LogP contribution in [0.2, 0.25) is 0 Å². The van der Waals surface area contributed by atoms with Crippen molar-refractivity contribution < 1.29 is 23.1 Å². The Bertz CT molecular complexity index is 314. The third kappa shape index (κ3) is 5.49. The van der Waals surface area contributed by atoms with Crippen LogP contribution in [-0.4, -0.2) is 66.4 Å². The first-order valence-electron chi connectivity index (χ1n) is 6.31. The van der Waals surface area contributed by atoms with Crippen LogP contribution in [-0.2, 0) is 4.79 Å². The van der Waals surface area contributed by atoms with Crippen LogP contribution >= 0.6 is 11.8 Å². The van der Waals surface area contributed by atoms with Crippen molar-refractivity contribution in [1.82, 2.24) is 10.2 Å². The molecule has 0 heterocycles.